The van der Waals surface area contributed by atoms with Gasteiger partial charge >= 0.3 is 0 Å². The Morgan fingerprint density at radius 3 is 2.55 bits per heavy atom. The zero-order valence-electron chi connectivity index (χ0n) is 23.9. The van der Waals surface area contributed by atoms with Crippen molar-refractivity contribution in [3.05, 3.63) is 65.9 Å². The lowest BCUT2D eigenvalue weighted by atomic mass is 10.0. The quantitative estimate of drug-likeness (QED) is 0.552. The molecule has 214 valence electrons. The molecular formula is C31H40N4O5. The van der Waals surface area contributed by atoms with Gasteiger partial charge in [-0.2, -0.15) is 0 Å². The van der Waals surface area contributed by atoms with E-state index in [1.54, 1.807) is 36.4 Å². The van der Waals surface area contributed by atoms with E-state index in [1.165, 1.54) is 0 Å². The average molecular weight is 549 g/mol. The summed E-state index contributed by atoms with van der Waals surface area (Å²) >= 11 is 0. The molecule has 4 atom stereocenters. The topological polar surface area (TPSA) is 100 Å². The number of carbonyl (C=O) groups is 3. The van der Waals surface area contributed by atoms with Gasteiger partial charge < -0.3 is 25.0 Å². The smallest absolute Gasteiger partial charge is 0.247 e. The maximum Gasteiger partial charge on any atom is 0.247 e. The largest absolute Gasteiger partial charge is 0.496 e. The predicted molar refractivity (Wildman–Crippen MR) is 154 cm³/mol. The van der Waals surface area contributed by atoms with Crippen molar-refractivity contribution in [2.45, 2.75) is 57.3 Å². The minimum absolute atomic E-state index is 0.147. The number of hydrogen-bond donors (Lipinski definition) is 2. The van der Waals surface area contributed by atoms with Gasteiger partial charge in [-0.3, -0.25) is 19.3 Å². The number of benzene rings is 2. The Balaban J connectivity index is 1.70. The van der Waals surface area contributed by atoms with Crippen LogP contribution >= 0.6 is 0 Å². The van der Waals surface area contributed by atoms with E-state index in [-0.39, 0.29) is 17.7 Å². The van der Waals surface area contributed by atoms with E-state index in [1.807, 2.05) is 69.2 Å². The Bertz CT molecular complexity index is 1230. The summed E-state index contributed by atoms with van der Waals surface area (Å²) in [5.74, 6) is 0.460. The summed E-state index contributed by atoms with van der Waals surface area (Å²) in [6, 6.07) is 13.1. The summed E-state index contributed by atoms with van der Waals surface area (Å²) < 4.78 is 11.9. The summed E-state index contributed by atoms with van der Waals surface area (Å²) in [7, 11) is 5.32. The lowest BCUT2D eigenvalue weighted by molar-refractivity contribution is -0.144. The van der Waals surface area contributed by atoms with Crippen LogP contribution in [0.25, 0.3) is 6.08 Å². The zero-order chi connectivity index (χ0) is 28.8. The molecule has 2 aliphatic rings. The van der Waals surface area contributed by atoms with Gasteiger partial charge in [-0.25, -0.2) is 0 Å². The number of fused-ring (bicyclic) bond motifs is 3. The van der Waals surface area contributed by atoms with E-state index < -0.39 is 30.1 Å². The number of likely N-dealkylation sites (tertiary alicyclic amines) is 1. The first-order chi connectivity index (χ1) is 19.2. The molecule has 2 N–H and O–H groups in total. The number of likely N-dealkylation sites (N-methyl/N-ethyl adjacent to an activating group) is 1. The molecule has 2 aromatic rings. The van der Waals surface area contributed by atoms with Gasteiger partial charge in [0.05, 0.1) is 13.2 Å². The fraction of sp³-hybridized carbons (Fsp3) is 0.452. The first-order valence-electron chi connectivity index (χ1n) is 13.8. The standard InChI is InChI=1S/C31H40N4O5/c1-20(2)17-24-29(36)32-15-13-22-19-23(11-12-26(22)39-5)40-27-14-16-35(28(27)30(37)33-24)31(38)25(34(3)4)18-21-9-7-6-8-10-21/h6-13,15,19-20,24-25,27-28H,14,16-18H2,1-5H3,(H,32,36)(H,33,37). The lowest BCUT2D eigenvalue weighted by Gasteiger charge is -2.33. The van der Waals surface area contributed by atoms with Crippen molar-refractivity contribution < 1.29 is 23.9 Å². The summed E-state index contributed by atoms with van der Waals surface area (Å²) in [5.41, 5.74) is 1.75. The number of amides is 3. The second kappa shape index (κ2) is 13.0. The number of nitrogens with one attached hydrogen (secondary N) is 2. The molecule has 9 heteroatoms. The molecule has 2 heterocycles. The number of rotatable bonds is 7. The highest BCUT2D eigenvalue weighted by Crippen LogP contribution is 2.30. The number of carbonyl (C=O) groups excluding carboxylic acids is 3. The number of nitrogens with zero attached hydrogens (tertiary/aromatic N) is 2. The van der Waals surface area contributed by atoms with Crippen molar-refractivity contribution in [3.63, 3.8) is 0 Å². The van der Waals surface area contributed by atoms with Gasteiger partial charge in [-0.15, -0.1) is 0 Å². The third-order valence-corrected chi connectivity index (χ3v) is 7.39. The minimum Gasteiger partial charge on any atom is -0.496 e. The van der Waals surface area contributed by atoms with Crippen LogP contribution in [0.3, 0.4) is 0 Å². The van der Waals surface area contributed by atoms with Gasteiger partial charge in [0.15, 0.2) is 0 Å². The molecule has 0 aromatic heterocycles. The minimum atomic E-state index is -0.896. The summed E-state index contributed by atoms with van der Waals surface area (Å²) in [6.45, 7) is 4.36. The highest BCUT2D eigenvalue weighted by molar-refractivity contribution is 5.94. The molecule has 9 nitrogen and oxygen atoms in total. The van der Waals surface area contributed by atoms with Crippen LogP contribution in [-0.4, -0.2) is 79.5 Å². The Hall–Kier alpha value is -3.85. The first-order valence-corrected chi connectivity index (χ1v) is 13.8. The van der Waals surface area contributed by atoms with Crippen LogP contribution in [0.1, 0.15) is 37.8 Å². The molecule has 1 fully saturated rings. The maximum atomic E-state index is 14.0. The van der Waals surface area contributed by atoms with Crippen LogP contribution in [0.4, 0.5) is 0 Å². The first kappa shape index (κ1) is 29.1. The normalized spacial score (nSPS) is 21.9. The monoisotopic (exact) mass is 548 g/mol. The van der Waals surface area contributed by atoms with Gasteiger partial charge in [0.1, 0.15) is 29.7 Å². The second-order valence-electron chi connectivity index (χ2n) is 11.0. The molecule has 0 spiro atoms. The van der Waals surface area contributed by atoms with E-state index in [0.717, 1.165) is 11.1 Å². The van der Waals surface area contributed by atoms with E-state index in [4.69, 9.17) is 9.47 Å². The molecule has 0 aliphatic carbocycles. The molecule has 0 radical (unpaired) electrons. The number of methoxy groups -OCH3 is 1. The Labute approximate surface area is 236 Å². The zero-order valence-corrected chi connectivity index (χ0v) is 23.9. The second-order valence-corrected chi connectivity index (χ2v) is 11.0. The van der Waals surface area contributed by atoms with Crippen molar-refractivity contribution >= 4 is 23.8 Å². The summed E-state index contributed by atoms with van der Waals surface area (Å²) in [5, 5.41) is 5.74. The molecule has 1 saturated heterocycles. The highest BCUT2D eigenvalue weighted by atomic mass is 16.5. The molecule has 2 aromatic carbocycles. The van der Waals surface area contributed by atoms with Gasteiger partial charge in [0.25, 0.3) is 0 Å². The molecule has 0 saturated carbocycles. The molecule has 2 bridgehead atoms. The van der Waals surface area contributed by atoms with E-state index in [0.29, 0.717) is 37.3 Å². The fourth-order valence-corrected chi connectivity index (χ4v) is 5.33. The molecule has 40 heavy (non-hydrogen) atoms. The van der Waals surface area contributed by atoms with Crippen LogP contribution in [0.15, 0.2) is 54.7 Å². The van der Waals surface area contributed by atoms with Gasteiger partial charge in [-0.05, 0) is 62.7 Å². The molecule has 2 aliphatic heterocycles. The lowest BCUT2D eigenvalue weighted by Crippen LogP contribution is -2.58. The number of ether oxygens (including phenoxy) is 2. The van der Waals surface area contributed by atoms with Crippen LogP contribution in [-0.2, 0) is 20.8 Å². The molecule has 4 rings (SSSR count). The number of hydrogen-bond acceptors (Lipinski definition) is 6. The van der Waals surface area contributed by atoms with Gasteiger partial charge in [0, 0.05) is 24.7 Å². The fourth-order valence-electron chi connectivity index (χ4n) is 5.33. The van der Waals surface area contributed by atoms with E-state index in [2.05, 4.69) is 10.6 Å². The van der Waals surface area contributed by atoms with Crippen molar-refractivity contribution in [1.29, 1.82) is 0 Å². The van der Waals surface area contributed by atoms with Crippen LogP contribution in [0.5, 0.6) is 11.5 Å². The average Bonchev–Trinajstić information content (AvgIpc) is 3.34. The SMILES string of the molecule is COc1ccc2cc1C=CNC(=O)C(CC(C)C)NC(=O)C1C(CCN1C(=O)C(Cc1ccccc1)N(C)C)O2. The predicted octanol–water partition coefficient (Wildman–Crippen LogP) is 2.85. The maximum absolute atomic E-state index is 14.0. The molecular weight excluding hydrogens is 508 g/mol. The van der Waals surface area contributed by atoms with Gasteiger partial charge in [0.2, 0.25) is 17.7 Å². The summed E-state index contributed by atoms with van der Waals surface area (Å²) in [6.07, 6.45) is 4.13. The van der Waals surface area contributed by atoms with Crippen LogP contribution < -0.4 is 20.1 Å². The Morgan fingerprint density at radius 1 is 1.12 bits per heavy atom. The third-order valence-electron chi connectivity index (χ3n) is 7.39. The van der Waals surface area contributed by atoms with Crippen LogP contribution in [0, 0.1) is 5.92 Å². The summed E-state index contributed by atoms with van der Waals surface area (Å²) in [4.78, 5) is 44.6. The van der Waals surface area contributed by atoms with Gasteiger partial charge in [-0.1, -0.05) is 44.2 Å². The van der Waals surface area contributed by atoms with E-state index >= 15 is 0 Å². The molecule has 3 amide bonds. The Kier molecular flexibility index (Phi) is 9.47. The van der Waals surface area contributed by atoms with Crippen molar-refractivity contribution in [2.24, 2.45) is 5.92 Å². The van der Waals surface area contributed by atoms with Crippen molar-refractivity contribution in [3.8, 4) is 11.5 Å². The van der Waals surface area contributed by atoms with Crippen molar-refractivity contribution in [1.82, 2.24) is 20.4 Å². The Morgan fingerprint density at radius 2 is 1.88 bits per heavy atom. The highest BCUT2D eigenvalue weighted by Gasteiger charge is 2.46. The van der Waals surface area contributed by atoms with Crippen LogP contribution in [0.2, 0.25) is 0 Å². The van der Waals surface area contributed by atoms with E-state index in [9.17, 15) is 14.4 Å². The third kappa shape index (κ3) is 6.83. The van der Waals surface area contributed by atoms with Crippen molar-refractivity contribution in [2.75, 3.05) is 27.7 Å². The molecule has 4 unspecified atom stereocenters.